The summed E-state index contributed by atoms with van der Waals surface area (Å²) in [5.41, 5.74) is 2.21. The van der Waals surface area contributed by atoms with Gasteiger partial charge in [-0.2, -0.15) is 4.31 Å². The second-order valence-electron chi connectivity index (χ2n) is 4.98. The summed E-state index contributed by atoms with van der Waals surface area (Å²) in [5, 5.41) is 0.145. The van der Waals surface area contributed by atoms with Crippen LogP contribution < -0.4 is 0 Å². The summed E-state index contributed by atoms with van der Waals surface area (Å²) >= 11 is 0. The largest absolute Gasteiger partial charge is 0.332 e. The van der Waals surface area contributed by atoms with E-state index in [-0.39, 0.29) is 5.03 Å². The van der Waals surface area contributed by atoms with E-state index in [4.69, 9.17) is 0 Å². The molecule has 1 aromatic heterocycles. The molecule has 0 radical (unpaired) electrons. The minimum atomic E-state index is -3.53. The lowest BCUT2D eigenvalue weighted by Gasteiger charge is -2.16. The van der Waals surface area contributed by atoms with Crippen molar-refractivity contribution in [2.24, 2.45) is 0 Å². The summed E-state index contributed by atoms with van der Waals surface area (Å²) in [6.45, 7) is 4.36. The molecule has 21 heavy (non-hydrogen) atoms. The first-order valence-electron chi connectivity index (χ1n) is 7.05. The molecule has 0 aliphatic heterocycles. The Kier molecular flexibility index (Phi) is 4.80. The number of rotatable bonds is 6. The molecule has 0 atom stereocenters. The quantitative estimate of drug-likeness (QED) is 0.891. The van der Waals surface area contributed by atoms with Crippen molar-refractivity contribution < 1.29 is 8.42 Å². The normalized spacial score (nSPS) is 12.0. The summed E-state index contributed by atoms with van der Waals surface area (Å²) in [6.07, 6.45) is 3.03. The number of nitrogens with one attached hydrogen (secondary N) is 1. The van der Waals surface area contributed by atoms with E-state index in [2.05, 4.69) is 16.9 Å². The van der Waals surface area contributed by atoms with Crippen molar-refractivity contribution in [1.82, 2.24) is 14.3 Å². The number of aromatic nitrogens is 2. The minimum Gasteiger partial charge on any atom is -0.332 e. The summed E-state index contributed by atoms with van der Waals surface area (Å²) in [5.74, 6) is 0.675. The monoisotopic (exact) mass is 307 g/mol. The molecule has 1 N–H and O–H groups in total. The van der Waals surface area contributed by atoms with Gasteiger partial charge in [0.05, 0.1) is 6.20 Å². The zero-order valence-electron chi connectivity index (χ0n) is 12.6. The van der Waals surface area contributed by atoms with Gasteiger partial charge < -0.3 is 4.98 Å². The molecule has 0 aliphatic rings. The maximum atomic E-state index is 12.4. The van der Waals surface area contributed by atoms with E-state index in [0.717, 1.165) is 12.0 Å². The predicted molar refractivity (Wildman–Crippen MR) is 82.4 cm³/mol. The zero-order valence-corrected chi connectivity index (χ0v) is 13.4. The van der Waals surface area contributed by atoms with Crippen LogP contribution >= 0.6 is 0 Å². The lowest BCUT2D eigenvalue weighted by Crippen LogP contribution is -2.26. The Labute approximate surface area is 126 Å². The van der Waals surface area contributed by atoms with Crippen LogP contribution in [-0.2, 0) is 29.4 Å². The summed E-state index contributed by atoms with van der Waals surface area (Å²) in [4.78, 5) is 6.90. The van der Waals surface area contributed by atoms with Gasteiger partial charge >= 0.3 is 0 Å². The van der Waals surface area contributed by atoms with E-state index in [1.54, 1.807) is 7.05 Å². The Hall–Kier alpha value is -1.66. The minimum absolute atomic E-state index is 0.145. The average Bonchev–Trinajstić information content (AvgIpc) is 2.97. The number of nitrogens with zero attached hydrogens (tertiary/aromatic N) is 2. The highest BCUT2D eigenvalue weighted by Crippen LogP contribution is 2.15. The highest BCUT2D eigenvalue weighted by atomic mass is 32.2. The van der Waals surface area contributed by atoms with Crippen molar-refractivity contribution in [2.45, 2.75) is 38.3 Å². The molecular weight excluding hydrogens is 286 g/mol. The van der Waals surface area contributed by atoms with E-state index < -0.39 is 10.0 Å². The van der Waals surface area contributed by atoms with Crippen molar-refractivity contribution in [3.05, 3.63) is 47.4 Å². The van der Waals surface area contributed by atoms with Crippen molar-refractivity contribution in [2.75, 3.05) is 7.05 Å². The third-order valence-corrected chi connectivity index (χ3v) is 5.18. The molecule has 0 aliphatic carbocycles. The molecule has 0 saturated heterocycles. The molecule has 1 aromatic carbocycles. The molecule has 0 bridgehead atoms. The zero-order chi connectivity index (χ0) is 15.5. The number of benzene rings is 1. The van der Waals surface area contributed by atoms with Crippen LogP contribution in [0, 0.1) is 0 Å². The van der Waals surface area contributed by atoms with Gasteiger partial charge in [0.25, 0.3) is 10.0 Å². The fourth-order valence-electron chi connectivity index (χ4n) is 2.04. The number of sulfonamides is 1. The maximum Gasteiger partial charge on any atom is 0.260 e. The van der Waals surface area contributed by atoms with Gasteiger partial charge in [-0.3, -0.25) is 0 Å². The highest BCUT2D eigenvalue weighted by Gasteiger charge is 2.23. The van der Waals surface area contributed by atoms with Crippen LogP contribution in [0.4, 0.5) is 0 Å². The lowest BCUT2D eigenvalue weighted by molar-refractivity contribution is 0.464. The molecule has 114 valence electrons. The van der Waals surface area contributed by atoms with Crippen molar-refractivity contribution in [3.8, 4) is 0 Å². The van der Waals surface area contributed by atoms with Gasteiger partial charge in [0.2, 0.25) is 0 Å². The third-order valence-electron chi connectivity index (χ3n) is 3.46. The first kappa shape index (κ1) is 15.7. The second-order valence-corrected chi connectivity index (χ2v) is 6.99. The van der Waals surface area contributed by atoms with E-state index in [1.165, 1.54) is 16.1 Å². The number of hydrogen-bond donors (Lipinski definition) is 1. The number of hydrogen-bond acceptors (Lipinski definition) is 3. The second kappa shape index (κ2) is 6.41. The van der Waals surface area contributed by atoms with Gasteiger partial charge in [-0.1, -0.05) is 38.1 Å². The smallest absolute Gasteiger partial charge is 0.260 e. The number of imidazole rings is 1. The van der Waals surface area contributed by atoms with Crippen molar-refractivity contribution >= 4 is 10.0 Å². The predicted octanol–water partition coefficient (Wildman–Crippen LogP) is 2.36. The van der Waals surface area contributed by atoms with E-state index >= 15 is 0 Å². The maximum absolute atomic E-state index is 12.4. The standard InChI is InChI=1S/C15H21N3O2S/c1-4-12-6-8-13(9-7-12)11-18(3)21(19,20)15-10-16-14(5-2)17-15/h6-10H,4-5,11H2,1-3H3,(H,16,17). The Morgan fingerprint density at radius 2 is 1.71 bits per heavy atom. The molecule has 0 fully saturated rings. The fraction of sp³-hybridized carbons (Fsp3) is 0.400. The molecule has 0 unspecified atom stereocenters. The van der Waals surface area contributed by atoms with Gasteiger partial charge in [0.1, 0.15) is 5.82 Å². The van der Waals surface area contributed by atoms with Crippen LogP contribution in [0.5, 0.6) is 0 Å². The summed E-state index contributed by atoms with van der Waals surface area (Å²) in [6, 6.07) is 7.99. The van der Waals surface area contributed by atoms with Crippen molar-refractivity contribution in [3.63, 3.8) is 0 Å². The van der Waals surface area contributed by atoms with Crippen LogP contribution in [0.2, 0.25) is 0 Å². The first-order chi connectivity index (χ1) is 9.97. The fourth-order valence-corrected chi connectivity index (χ4v) is 3.13. The van der Waals surface area contributed by atoms with Gasteiger partial charge in [-0.15, -0.1) is 0 Å². The Morgan fingerprint density at radius 3 is 2.24 bits per heavy atom. The van der Waals surface area contributed by atoms with E-state index in [0.29, 0.717) is 18.8 Å². The Balaban J connectivity index is 2.15. The molecule has 5 nitrogen and oxygen atoms in total. The lowest BCUT2D eigenvalue weighted by atomic mass is 10.1. The van der Waals surface area contributed by atoms with Crippen LogP contribution in [0.15, 0.2) is 35.5 Å². The molecule has 2 aromatic rings. The molecule has 0 amide bonds. The van der Waals surface area contributed by atoms with Gasteiger partial charge in [-0.05, 0) is 17.5 Å². The van der Waals surface area contributed by atoms with Gasteiger partial charge in [0, 0.05) is 20.0 Å². The van der Waals surface area contributed by atoms with Crippen LogP contribution in [0.1, 0.15) is 30.8 Å². The van der Waals surface area contributed by atoms with Crippen LogP contribution in [-0.4, -0.2) is 29.7 Å². The summed E-state index contributed by atoms with van der Waals surface area (Å²) < 4.78 is 26.2. The average molecular weight is 307 g/mol. The number of aryl methyl sites for hydroxylation is 2. The van der Waals surface area contributed by atoms with Crippen LogP contribution in [0.3, 0.4) is 0 Å². The number of aromatic amines is 1. The van der Waals surface area contributed by atoms with E-state index in [1.807, 2.05) is 31.2 Å². The third kappa shape index (κ3) is 3.51. The van der Waals surface area contributed by atoms with Crippen molar-refractivity contribution in [1.29, 1.82) is 0 Å². The molecular formula is C15H21N3O2S. The molecule has 6 heteroatoms. The molecule has 0 spiro atoms. The van der Waals surface area contributed by atoms with Gasteiger partial charge in [0.15, 0.2) is 5.03 Å². The summed E-state index contributed by atoms with van der Waals surface area (Å²) in [7, 11) is -1.95. The molecule has 2 rings (SSSR count). The topological polar surface area (TPSA) is 66.1 Å². The molecule has 0 saturated carbocycles. The Bertz CT molecular complexity index is 690. The van der Waals surface area contributed by atoms with Gasteiger partial charge in [-0.25, -0.2) is 13.4 Å². The Morgan fingerprint density at radius 1 is 1.10 bits per heavy atom. The van der Waals surface area contributed by atoms with Crippen LogP contribution in [0.25, 0.3) is 0 Å². The van der Waals surface area contributed by atoms with E-state index in [9.17, 15) is 8.42 Å². The SMILES string of the molecule is CCc1ccc(CN(C)S(=O)(=O)c2cnc(CC)[nH]2)cc1. The molecule has 1 heterocycles. The first-order valence-corrected chi connectivity index (χ1v) is 8.49. The number of H-pyrrole nitrogens is 1. The highest BCUT2D eigenvalue weighted by molar-refractivity contribution is 7.89.